The Labute approximate surface area is 187 Å². The lowest BCUT2D eigenvalue weighted by Crippen LogP contribution is -2.46. The molecule has 0 unspecified atom stereocenters. The number of benzene rings is 1. The lowest BCUT2D eigenvalue weighted by atomic mass is 9.80. The van der Waals surface area contributed by atoms with E-state index in [0.29, 0.717) is 17.2 Å². The predicted octanol–water partition coefficient (Wildman–Crippen LogP) is 4.77. The molecule has 7 nitrogen and oxygen atoms in total. The minimum Gasteiger partial charge on any atom is -0.496 e. The van der Waals surface area contributed by atoms with Crippen LogP contribution in [0.3, 0.4) is 0 Å². The number of esters is 1. The fraction of sp³-hybridized carbons (Fsp3) is 0.400. The molecular weight excluding hydrogens is 404 g/mol. The van der Waals surface area contributed by atoms with E-state index in [1.807, 2.05) is 32.0 Å². The number of methoxy groups -OCH3 is 1. The maximum Gasteiger partial charge on any atom is 0.340 e. The Morgan fingerprint density at radius 1 is 1.19 bits per heavy atom. The van der Waals surface area contributed by atoms with E-state index in [0.717, 1.165) is 47.0 Å². The molecular formula is C25H28N4O3. The molecule has 5 rings (SSSR count). The number of rotatable bonds is 5. The molecule has 2 aromatic heterocycles. The van der Waals surface area contributed by atoms with Crippen molar-refractivity contribution in [2.24, 2.45) is 5.73 Å². The first-order valence-corrected chi connectivity index (χ1v) is 11.0. The molecule has 0 radical (unpaired) electrons. The second kappa shape index (κ2) is 7.17. The van der Waals surface area contributed by atoms with E-state index < -0.39 is 5.60 Å². The first kappa shape index (κ1) is 20.7. The second-order valence-corrected chi connectivity index (χ2v) is 9.19. The summed E-state index contributed by atoms with van der Waals surface area (Å²) >= 11 is 0. The van der Waals surface area contributed by atoms with Crippen LogP contribution in [0.25, 0.3) is 10.8 Å². The van der Waals surface area contributed by atoms with Crippen molar-refractivity contribution in [3.05, 3.63) is 53.3 Å². The molecule has 1 aliphatic carbocycles. The zero-order chi connectivity index (χ0) is 22.7. The molecule has 0 saturated heterocycles. The Morgan fingerprint density at radius 2 is 1.97 bits per heavy atom. The third kappa shape index (κ3) is 3.03. The highest BCUT2D eigenvalue weighted by Crippen LogP contribution is 2.59. The van der Waals surface area contributed by atoms with Crippen molar-refractivity contribution < 1.29 is 14.3 Å². The number of ether oxygens (including phenoxy) is 2. The van der Waals surface area contributed by atoms with Crippen molar-refractivity contribution in [2.75, 3.05) is 12.4 Å². The van der Waals surface area contributed by atoms with Gasteiger partial charge in [-0.05, 0) is 68.3 Å². The number of pyridine rings is 2. The number of cyclic esters (lactones) is 1. The van der Waals surface area contributed by atoms with Gasteiger partial charge in [0.05, 0.1) is 23.8 Å². The van der Waals surface area contributed by atoms with Gasteiger partial charge in [-0.3, -0.25) is 0 Å². The van der Waals surface area contributed by atoms with E-state index in [4.69, 9.17) is 20.2 Å². The number of nitrogens with zero attached hydrogens (tertiary/aromatic N) is 2. The normalized spacial score (nSPS) is 18.7. The summed E-state index contributed by atoms with van der Waals surface area (Å²) in [6.07, 6.45) is 4.54. The van der Waals surface area contributed by atoms with E-state index in [2.05, 4.69) is 17.2 Å². The molecule has 7 heteroatoms. The fourth-order valence-electron chi connectivity index (χ4n) is 4.85. The maximum atomic E-state index is 12.5. The number of hydrogen-bond acceptors (Lipinski definition) is 7. The van der Waals surface area contributed by atoms with Gasteiger partial charge in [0.2, 0.25) is 0 Å². The van der Waals surface area contributed by atoms with Gasteiger partial charge in [0, 0.05) is 17.6 Å². The summed E-state index contributed by atoms with van der Waals surface area (Å²) in [5, 5.41) is 5.23. The zero-order valence-corrected chi connectivity index (χ0v) is 18.9. The smallest absolute Gasteiger partial charge is 0.340 e. The Hall–Kier alpha value is -3.19. The van der Waals surface area contributed by atoms with Crippen LogP contribution in [-0.4, -0.2) is 28.6 Å². The summed E-state index contributed by atoms with van der Waals surface area (Å²) in [4.78, 5) is 21.9. The third-order valence-corrected chi connectivity index (χ3v) is 7.03. The van der Waals surface area contributed by atoms with E-state index in [1.165, 1.54) is 0 Å². The minimum absolute atomic E-state index is 0.0801. The monoisotopic (exact) mass is 432 g/mol. The highest BCUT2D eigenvalue weighted by molar-refractivity contribution is 5.94. The van der Waals surface area contributed by atoms with Crippen molar-refractivity contribution in [1.29, 1.82) is 0 Å². The largest absolute Gasteiger partial charge is 0.496 e. The third-order valence-electron chi connectivity index (χ3n) is 7.03. The average molecular weight is 433 g/mol. The van der Waals surface area contributed by atoms with E-state index in [-0.39, 0.29) is 17.4 Å². The first-order chi connectivity index (χ1) is 15.3. The van der Waals surface area contributed by atoms with Crippen molar-refractivity contribution >= 4 is 28.4 Å². The number of nitrogens with one attached hydrogen (secondary N) is 1. The van der Waals surface area contributed by atoms with Crippen LogP contribution < -0.4 is 15.8 Å². The highest BCUT2D eigenvalue weighted by atomic mass is 16.6. The summed E-state index contributed by atoms with van der Waals surface area (Å²) in [6.45, 7) is 6.01. The van der Waals surface area contributed by atoms with Gasteiger partial charge in [0.15, 0.2) is 0 Å². The molecule has 1 aliphatic heterocycles. The van der Waals surface area contributed by atoms with Crippen LogP contribution in [0.2, 0.25) is 0 Å². The number of aromatic nitrogens is 2. The molecule has 1 atom stereocenters. The average Bonchev–Trinajstić information content (AvgIpc) is 3.59. The number of carbonyl (C=O) groups is 1. The Bertz CT molecular complexity index is 1230. The van der Waals surface area contributed by atoms with Crippen molar-refractivity contribution in [1.82, 2.24) is 9.97 Å². The quantitative estimate of drug-likeness (QED) is 0.560. The lowest BCUT2D eigenvalue weighted by Gasteiger charge is -2.39. The Balaban J connectivity index is 1.55. The molecule has 3 heterocycles. The summed E-state index contributed by atoms with van der Waals surface area (Å²) in [5.41, 5.74) is 8.02. The summed E-state index contributed by atoms with van der Waals surface area (Å²) in [5.74, 6) is 1.76. The Kier molecular flexibility index (Phi) is 4.64. The number of hydrogen-bond donors (Lipinski definition) is 2. The molecule has 1 saturated carbocycles. The maximum absolute atomic E-state index is 12.5. The zero-order valence-electron chi connectivity index (χ0n) is 18.9. The molecule has 2 aliphatic rings. The molecule has 1 spiro atoms. The van der Waals surface area contributed by atoms with E-state index in [1.54, 1.807) is 25.4 Å². The van der Waals surface area contributed by atoms with Crippen molar-refractivity contribution in [3.63, 3.8) is 0 Å². The molecule has 0 amide bonds. The van der Waals surface area contributed by atoms with Crippen LogP contribution >= 0.6 is 0 Å². The van der Waals surface area contributed by atoms with Gasteiger partial charge in [-0.2, -0.15) is 0 Å². The predicted molar refractivity (Wildman–Crippen MR) is 123 cm³/mol. The molecule has 166 valence electrons. The summed E-state index contributed by atoms with van der Waals surface area (Å²) in [6, 6.07) is 9.44. The SMILES string of the molecule is CC[C@@H](N)c1ccc(OC)c2cnc(Nc3ccc4c(n3)C3(CC3)C(C)(C)OC4=O)cc12. The van der Waals surface area contributed by atoms with Crippen LogP contribution in [0.4, 0.5) is 11.6 Å². The van der Waals surface area contributed by atoms with Gasteiger partial charge in [0.1, 0.15) is 23.0 Å². The van der Waals surface area contributed by atoms with Crippen LogP contribution in [-0.2, 0) is 10.2 Å². The second-order valence-electron chi connectivity index (χ2n) is 9.19. The minimum atomic E-state index is -0.564. The van der Waals surface area contributed by atoms with Gasteiger partial charge < -0.3 is 20.5 Å². The topological polar surface area (TPSA) is 99.4 Å². The van der Waals surface area contributed by atoms with Crippen LogP contribution in [0.5, 0.6) is 5.75 Å². The molecule has 0 bridgehead atoms. The number of carbonyl (C=O) groups excluding carboxylic acids is 1. The number of fused-ring (bicyclic) bond motifs is 3. The Morgan fingerprint density at radius 3 is 2.66 bits per heavy atom. The van der Waals surface area contributed by atoms with Gasteiger partial charge in [-0.15, -0.1) is 0 Å². The summed E-state index contributed by atoms with van der Waals surface area (Å²) in [7, 11) is 1.65. The highest BCUT2D eigenvalue weighted by Gasteiger charge is 2.63. The molecule has 3 aromatic rings. The molecule has 3 N–H and O–H groups in total. The molecule has 1 fully saturated rings. The molecule has 1 aromatic carbocycles. The van der Waals surface area contributed by atoms with Gasteiger partial charge in [0.25, 0.3) is 0 Å². The first-order valence-electron chi connectivity index (χ1n) is 11.0. The van der Waals surface area contributed by atoms with Crippen LogP contribution in [0.1, 0.15) is 67.7 Å². The van der Waals surface area contributed by atoms with E-state index in [9.17, 15) is 4.79 Å². The lowest BCUT2D eigenvalue weighted by molar-refractivity contribution is -0.0285. The van der Waals surface area contributed by atoms with Gasteiger partial charge in [-0.1, -0.05) is 13.0 Å². The van der Waals surface area contributed by atoms with E-state index >= 15 is 0 Å². The molecule has 32 heavy (non-hydrogen) atoms. The van der Waals surface area contributed by atoms with Crippen molar-refractivity contribution in [2.45, 2.75) is 57.1 Å². The van der Waals surface area contributed by atoms with Crippen LogP contribution in [0.15, 0.2) is 36.5 Å². The van der Waals surface area contributed by atoms with Gasteiger partial charge in [-0.25, -0.2) is 14.8 Å². The fourth-order valence-corrected chi connectivity index (χ4v) is 4.85. The van der Waals surface area contributed by atoms with Gasteiger partial charge >= 0.3 is 5.97 Å². The summed E-state index contributed by atoms with van der Waals surface area (Å²) < 4.78 is 11.2. The number of nitrogens with two attached hydrogens (primary N) is 1. The number of anilines is 2. The van der Waals surface area contributed by atoms with Crippen LogP contribution in [0, 0.1) is 0 Å². The van der Waals surface area contributed by atoms with Crippen molar-refractivity contribution in [3.8, 4) is 5.75 Å². The standard InChI is InChI=1S/C25H28N4O3/c1-5-18(26)14-6-8-19(31-4)17-13-27-21(12-16(14)17)28-20-9-7-15-22(29-20)25(10-11-25)24(2,3)32-23(15)30/h6-9,12-13,18H,5,10-11,26H2,1-4H3,(H,27,28,29)/t18-/m1/s1.